The van der Waals surface area contributed by atoms with E-state index in [1.165, 1.54) is 0 Å². The molecule has 2 amide bonds. The standard InChI is InChI=1S/C11H16N2O3/c14-8-9-3-1-5-13(9)11(15)12-7-10-4-2-6-16-10/h2,4,6,9,14H,1,3,5,7-8H2,(H,12,15)/t9-/m0/s1. The van der Waals surface area contributed by atoms with Crippen molar-refractivity contribution in [2.45, 2.75) is 25.4 Å². The highest BCUT2D eigenvalue weighted by molar-refractivity contribution is 5.74. The molecule has 1 aliphatic heterocycles. The summed E-state index contributed by atoms with van der Waals surface area (Å²) in [6, 6.07) is 3.44. The second-order valence-electron chi connectivity index (χ2n) is 3.91. The number of carbonyl (C=O) groups is 1. The van der Waals surface area contributed by atoms with Crippen LogP contribution in [0.2, 0.25) is 0 Å². The summed E-state index contributed by atoms with van der Waals surface area (Å²) < 4.78 is 5.12. The molecule has 1 saturated heterocycles. The highest BCUT2D eigenvalue weighted by Crippen LogP contribution is 2.16. The second-order valence-corrected chi connectivity index (χ2v) is 3.91. The van der Waals surface area contributed by atoms with Crippen LogP contribution in [0.3, 0.4) is 0 Å². The van der Waals surface area contributed by atoms with E-state index in [1.54, 1.807) is 17.2 Å². The Morgan fingerprint density at radius 3 is 3.25 bits per heavy atom. The molecule has 16 heavy (non-hydrogen) atoms. The molecule has 1 fully saturated rings. The van der Waals surface area contributed by atoms with Gasteiger partial charge in [-0.05, 0) is 25.0 Å². The Balaban J connectivity index is 1.83. The van der Waals surface area contributed by atoms with Crippen molar-refractivity contribution in [1.29, 1.82) is 0 Å². The fourth-order valence-electron chi connectivity index (χ4n) is 1.97. The Labute approximate surface area is 94.0 Å². The first-order valence-electron chi connectivity index (χ1n) is 5.49. The lowest BCUT2D eigenvalue weighted by Crippen LogP contribution is -2.43. The summed E-state index contributed by atoms with van der Waals surface area (Å²) in [6.07, 6.45) is 3.41. The number of nitrogens with one attached hydrogen (secondary N) is 1. The lowest BCUT2D eigenvalue weighted by molar-refractivity contribution is 0.156. The molecule has 1 aromatic heterocycles. The molecule has 0 bridgehead atoms. The summed E-state index contributed by atoms with van der Waals surface area (Å²) in [6.45, 7) is 1.14. The summed E-state index contributed by atoms with van der Waals surface area (Å²) in [5.41, 5.74) is 0. The summed E-state index contributed by atoms with van der Waals surface area (Å²) >= 11 is 0. The van der Waals surface area contributed by atoms with E-state index in [4.69, 9.17) is 9.52 Å². The van der Waals surface area contributed by atoms with Crippen molar-refractivity contribution in [3.63, 3.8) is 0 Å². The number of hydrogen-bond donors (Lipinski definition) is 2. The third kappa shape index (κ3) is 2.36. The van der Waals surface area contributed by atoms with E-state index in [2.05, 4.69) is 5.32 Å². The molecule has 1 aromatic rings. The normalized spacial score (nSPS) is 20.1. The van der Waals surface area contributed by atoms with Crippen LogP contribution in [0, 0.1) is 0 Å². The molecule has 88 valence electrons. The number of nitrogens with zero attached hydrogens (tertiary/aromatic N) is 1. The highest BCUT2D eigenvalue weighted by atomic mass is 16.3. The molecule has 1 aliphatic rings. The van der Waals surface area contributed by atoms with Gasteiger partial charge in [-0.2, -0.15) is 0 Å². The maximum absolute atomic E-state index is 11.8. The van der Waals surface area contributed by atoms with Gasteiger partial charge in [-0.1, -0.05) is 0 Å². The monoisotopic (exact) mass is 224 g/mol. The Morgan fingerprint density at radius 1 is 1.69 bits per heavy atom. The molecule has 0 aromatic carbocycles. The van der Waals surface area contributed by atoms with E-state index in [0.29, 0.717) is 6.54 Å². The van der Waals surface area contributed by atoms with Crippen molar-refractivity contribution < 1.29 is 14.3 Å². The molecule has 2 heterocycles. The number of aliphatic hydroxyl groups is 1. The fraction of sp³-hybridized carbons (Fsp3) is 0.545. The van der Waals surface area contributed by atoms with Crippen LogP contribution in [0.4, 0.5) is 4.79 Å². The van der Waals surface area contributed by atoms with E-state index in [0.717, 1.165) is 25.1 Å². The summed E-state index contributed by atoms with van der Waals surface area (Å²) in [5.74, 6) is 0.730. The highest BCUT2D eigenvalue weighted by Gasteiger charge is 2.27. The van der Waals surface area contributed by atoms with Crippen LogP contribution in [0.15, 0.2) is 22.8 Å². The molecule has 5 nitrogen and oxygen atoms in total. The Morgan fingerprint density at radius 2 is 2.56 bits per heavy atom. The third-order valence-corrected chi connectivity index (χ3v) is 2.84. The van der Waals surface area contributed by atoms with E-state index in [1.807, 2.05) is 6.07 Å². The van der Waals surface area contributed by atoms with Gasteiger partial charge < -0.3 is 19.7 Å². The van der Waals surface area contributed by atoms with Crippen LogP contribution < -0.4 is 5.32 Å². The van der Waals surface area contributed by atoms with Crippen LogP contribution >= 0.6 is 0 Å². The first-order valence-corrected chi connectivity index (χ1v) is 5.49. The van der Waals surface area contributed by atoms with Crippen molar-refractivity contribution in [2.75, 3.05) is 13.2 Å². The van der Waals surface area contributed by atoms with Crippen LogP contribution in [-0.2, 0) is 6.54 Å². The van der Waals surface area contributed by atoms with Crippen molar-refractivity contribution >= 4 is 6.03 Å². The first kappa shape index (κ1) is 11.0. The number of aliphatic hydroxyl groups excluding tert-OH is 1. The Bertz CT molecular complexity index is 337. The SMILES string of the molecule is O=C(NCc1ccco1)N1CCC[C@H]1CO. The molecular weight excluding hydrogens is 208 g/mol. The maximum atomic E-state index is 11.8. The van der Waals surface area contributed by atoms with Gasteiger partial charge in [-0.3, -0.25) is 0 Å². The minimum Gasteiger partial charge on any atom is -0.467 e. The summed E-state index contributed by atoms with van der Waals surface area (Å²) in [4.78, 5) is 13.5. The first-order chi connectivity index (χ1) is 7.81. The molecule has 1 atom stereocenters. The molecule has 0 unspecified atom stereocenters. The summed E-state index contributed by atoms with van der Waals surface area (Å²) in [5, 5.41) is 11.9. The van der Waals surface area contributed by atoms with Crippen molar-refractivity contribution in [2.24, 2.45) is 0 Å². The zero-order chi connectivity index (χ0) is 11.4. The Kier molecular flexibility index (Phi) is 3.46. The van der Waals surface area contributed by atoms with Crippen LogP contribution in [-0.4, -0.2) is 35.2 Å². The predicted molar refractivity (Wildman–Crippen MR) is 57.8 cm³/mol. The van der Waals surface area contributed by atoms with Gasteiger partial charge in [0.05, 0.1) is 25.5 Å². The molecule has 0 spiro atoms. The van der Waals surface area contributed by atoms with Gasteiger partial charge in [0, 0.05) is 6.54 Å². The maximum Gasteiger partial charge on any atom is 0.318 e. The lowest BCUT2D eigenvalue weighted by atomic mass is 10.2. The number of furan rings is 1. The van der Waals surface area contributed by atoms with Crippen LogP contribution in [0.1, 0.15) is 18.6 Å². The smallest absolute Gasteiger partial charge is 0.318 e. The van der Waals surface area contributed by atoms with Crippen molar-refractivity contribution in [1.82, 2.24) is 10.2 Å². The van der Waals surface area contributed by atoms with Crippen molar-refractivity contribution in [3.05, 3.63) is 24.2 Å². The number of likely N-dealkylation sites (tertiary alicyclic amines) is 1. The Hall–Kier alpha value is -1.49. The summed E-state index contributed by atoms with van der Waals surface area (Å²) in [7, 11) is 0. The number of amides is 2. The molecular formula is C11H16N2O3. The van der Waals surface area contributed by atoms with E-state index in [9.17, 15) is 4.79 Å². The van der Waals surface area contributed by atoms with E-state index in [-0.39, 0.29) is 18.7 Å². The van der Waals surface area contributed by atoms with Gasteiger partial charge in [-0.25, -0.2) is 4.79 Å². The second kappa shape index (κ2) is 5.03. The fourth-order valence-corrected chi connectivity index (χ4v) is 1.97. The molecule has 0 saturated carbocycles. The van der Waals surface area contributed by atoms with Gasteiger partial charge >= 0.3 is 6.03 Å². The molecule has 5 heteroatoms. The predicted octanol–water partition coefficient (Wildman–Crippen LogP) is 0.946. The van der Waals surface area contributed by atoms with Gasteiger partial charge in [0.1, 0.15) is 5.76 Å². The minimum absolute atomic E-state index is 0.0309. The van der Waals surface area contributed by atoms with E-state index < -0.39 is 0 Å². The van der Waals surface area contributed by atoms with E-state index >= 15 is 0 Å². The topological polar surface area (TPSA) is 65.7 Å². The average Bonchev–Trinajstić information content (AvgIpc) is 2.96. The van der Waals surface area contributed by atoms with Gasteiger partial charge in [0.15, 0.2) is 0 Å². The largest absolute Gasteiger partial charge is 0.467 e. The van der Waals surface area contributed by atoms with Gasteiger partial charge in [0.25, 0.3) is 0 Å². The molecule has 0 aliphatic carbocycles. The number of carbonyl (C=O) groups excluding carboxylic acids is 1. The number of hydrogen-bond acceptors (Lipinski definition) is 3. The quantitative estimate of drug-likeness (QED) is 0.803. The lowest BCUT2D eigenvalue weighted by Gasteiger charge is -2.22. The third-order valence-electron chi connectivity index (χ3n) is 2.84. The molecule has 2 N–H and O–H groups in total. The molecule has 0 radical (unpaired) electrons. The number of rotatable bonds is 3. The van der Waals surface area contributed by atoms with Gasteiger partial charge in [0.2, 0.25) is 0 Å². The molecule has 2 rings (SSSR count). The van der Waals surface area contributed by atoms with Crippen LogP contribution in [0.5, 0.6) is 0 Å². The van der Waals surface area contributed by atoms with Crippen molar-refractivity contribution in [3.8, 4) is 0 Å². The number of urea groups is 1. The zero-order valence-electron chi connectivity index (χ0n) is 9.06. The van der Waals surface area contributed by atoms with Crippen LogP contribution in [0.25, 0.3) is 0 Å². The zero-order valence-corrected chi connectivity index (χ0v) is 9.06. The van der Waals surface area contributed by atoms with Gasteiger partial charge in [-0.15, -0.1) is 0 Å². The average molecular weight is 224 g/mol. The minimum atomic E-state index is -0.132.